The predicted molar refractivity (Wildman–Crippen MR) is 64.8 cm³/mol. The van der Waals surface area contributed by atoms with Gasteiger partial charge in [-0.3, -0.25) is 0 Å². The number of carboxylic acids is 1. The third-order valence-corrected chi connectivity index (χ3v) is 2.67. The highest BCUT2D eigenvalue weighted by molar-refractivity contribution is 5.84. The lowest BCUT2D eigenvalue weighted by Gasteiger charge is -2.13. The van der Waals surface area contributed by atoms with Crippen LogP contribution in [0.3, 0.4) is 0 Å². The van der Waals surface area contributed by atoms with E-state index in [9.17, 15) is 4.79 Å². The van der Waals surface area contributed by atoms with Crippen molar-refractivity contribution in [3.05, 3.63) is 23.2 Å². The highest BCUT2D eigenvalue weighted by Crippen LogP contribution is 2.15. The molecule has 0 bridgehead atoms. The third kappa shape index (κ3) is 3.65. The van der Waals surface area contributed by atoms with Crippen molar-refractivity contribution in [1.82, 2.24) is 5.32 Å². The average molecular weight is 235 g/mol. The number of aryl methyl sites for hydroxylation is 1. The fraction of sp³-hybridized carbons (Fsp3) is 0.462. The first-order valence-corrected chi connectivity index (χ1v) is 5.57. The summed E-state index contributed by atoms with van der Waals surface area (Å²) in [5.41, 5.74) is 0.859. The van der Waals surface area contributed by atoms with E-state index in [1.165, 1.54) is 0 Å². The van der Waals surface area contributed by atoms with Crippen LogP contribution in [0.5, 0.6) is 0 Å². The van der Waals surface area contributed by atoms with Crippen LogP contribution < -0.4 is 5.32 Å². The lowest BCUT2D eigenvalue weighted by molar-refractivity contribution is 0.0661. The molecule has 0 radical (unpaired) electrons. The van der Waals surface area contributed by atoms with Gasteiger partial charge in [-0.1, -0.05) is 6.92 Å². The largest absolute Gasteiger partial charge is 0.475 e. The Morgan fingerprint density at radius 3 is 2.88 bits per heavy atom. The molecule has 1 aromatic rings. The van der Waals surface area contributed by atoms with Crippen LogP contribution in [0, 0.1) is 19.3 Å². The Balaban J connectivity index is 2.63. The van der Waals surface area contributed by atoms with E-state index in [4.69, 9.17) is 15.9 Å². The monoisotopic (exact) mass is 235 g/mol. The van der Waals surface area contributed by atoms with Crippen molar-refractivity contribution >= 4 is 5.97 Å². The van der Waals surface area contributed by atoms with E-state index >= 15 is 0 Å². The smallest absolute Gasteiger partial charge is 0.371 e. The quantitative estimate of drug-likeness (QED) is 0.742. The Hall–Kier alpha value is -1.73. The minimum atomic E-state index is -1.05. The molecule has 1 atom stereocenters. The van der Waals surface area contributed by atoms with Crippen molar-refractivity contribution in [3.63, 3.8) is 0 Å². The molecule has 2 N–H and O–H groups in total. The van der Waals surface area contributed by atoms with E-state index in [1.807, 2.05) is 0 Å². The molecule has 4 nitrogen and oxygen atoms in total. The summed E-state index contributed by atoms with van der Waals surface area (Å²) in [5, 5.41) is 12.1. The van der Waals surface area contributed by atoms with Crippen molar-refractivity contribution in [3.8, 4) is 12.3 Å². The van der Waals surface area contributed by atoms with Gasteiger partial charge in [-0.2, -0.15) is 0 Å². The van der Waals surface area contributed by atoms with Gasteiger partial charge < -0.3 is 14.8 Å². The minimum Gasteiger partial charge on any atom is -0.475 e. The Kier molecular flexibility index (Phi) is 4.80. The summed E-state index contributed by atoms with van der Waals surface area (Å²) in [5.74, 6) is 2.17. The van der Waals surface area contributed by atoms with Crippen molar-refractivity contribution in [1.29, 1.82) is 0 Å². The van der Waals surface area contributed by atoms with Gasteiger partial charge in [0, 0.05) is 24.6 Å². The van der Waals surface area contributed by atoms with Gasteiger partial charge in [0.25, 0.3) is 0 Å². The van der Waals surface area contributed by atoms with Crippen molar-refractivity contribution in [2.75, 3.05) is 0 Å². The first-order chi connectivity index (χ1) is 8.08. The number of carboxylic acid groups (broad SMARTS) is 1. The molecule has 0 aliphatic heterocycles. The van der Waals surface area contributed by atoms with Crippen LogP contribution >= 0.6 is 0 Å². The highest BCUT2D eigenvalue weighted by atomic mass is 16.4. The number of terminal acetylenes is 1. The van der Waals surface area contributed by atoms with E-state index in [-0.39, 0.29) is 11.8 Å². The van der Waals surface area contributed by atoms with Crippen LogP contribution in [0.1, 0.15) is 41.6 Å². The van der Waals surface area contributed by atoms with Gasteiger partial charge in [0.2, 0.25) is 5.76 Å². The molecule has 17 heavy (non-hydrogen) atoms. The standard InChI is InChI=1S/C13H17NO3/c1-4-6-11(5-2)14-8-10-7-12(13(15)16)17-9(10)3/h1,7,11,14H,5-6,8H2,2-3H3,(H,15,16). The lowest BCUT2D eigenvalue weighted by Crippen LogP contribution is -2.27. The van der Waals surface area contributed by atoms with Gasteiger partial charge in [-0.15, -0.1) is 12.3 Å². The Morgan fingerprint density at radius 1 is 1.71 bits per heavy atom. The lowest BCUT2D eigenvalue weighted by atomic mass is 10.1. The normalized spacial score (nSPS) is 12.1. The summed E-state index contributed by atoms with van der Waals surface area (Å²) in [7, 11) is 0. The van der Waals surface area contributed by atoms with E-state index < -0.39 is 5.97 Å². The minimum absolute atomic E-state index is 0.0238. The first-order valence-electron chi connectivity index (χ1n) is 5.57. The number of nitrogens with one attached hydrogen (secondary N) is 1. The maximum absolute atomic E-state index is 10.7. The van der Waals surface area contributed by atoms with E-state index in [0.717, 1.165) is 12.0 Å². The van der Waals surface area contributed by atoms with Crippen molar-refractivity contribution in [2.24, 2.45) is 0 Å². The molecule has 4 heteroatoms. The maximum atomic E-state index is 10.7. The number of hydrogen-bond donors (Lipinski definition) is 2. The molecule has 0 aliphatic carbocycles. The van der Waals surface area contributed by atoms with Crippen molar-refractivity contribution in [2.45, 2.75) is 39.3 Å². The van der Waals surface area contributed by atoms with Gasteiger partial charge in [-0.25, -0.2) is 4.79 Å². The molecule has 1 unspecified atom stereocenters. The fourth-order valence-electron chi connectivity index (χ4n) is 1.56. The molecule has 1 heterocycles. The zero-order chi connectivity index (χ0) is 12.8. The Labute approximate surface area is 101 Å². The van der Waals surface area contributed by atoms with Gasteiger partial charge in [-0.05, 0) is 19.4 Å². The molecule has 0 saturated heterocycles. The number of aromatic carboxylic acids is 1. The SMILES string of the molecule is C#CCC(CC)NCc1cc(C(=O)O)oc1C. The van der Waals surface area contributed by atoms with Gasteiger partial charge in [0.15, 0.2) is 0 Å². The fourth-order valence-corrected chi connectivity index (χ4v) is 1.56. The van der Waals surface area contributed by atoms with Crippen LogP contribution in [-0.4, -0.2) is 17.1 Å². The molecule has 92 valence electrons. The van der Waals surface area contributed by atoms with Gasteiger partial charge >= 0.3 is 5.97 Å². The number of rotatable bonds is 6. The molecule has 0 spiro atoms. The molecule has 0 fully saturated rings. The van der Waals surface area contributed by atoms with Crippen LogP contribution in [-0.2, 0) is 6.54 Å². The summed E-state index contributed by atoms with van der Waals surface area (Å²) in [6, 6.07) is 1.80. The van der Waals surface area contributed by atoms with E-state index in [1.54, 1.807) is 13.0 Å². The first kappa shape index (κ1) is 13.3. The molecular weight excluding hydrogens is 218 g/mol. The second kappa shape index (κ2) is 6.12. The molecule has 1 aromatic heterocycles. The predicted octanol–water partition coefficient (Wildman–Crippen LogP) is 2.18. The molecule has 0 aliphatic rings. The summed E-state index contributed by atoms with van der Waals surface area (Å²) < 4.78 is 5.12. The average Bonchev–Trinajstić information content (AvgIpc) is 2.66. The molecule has 0 aromatic carbocycles. The van der Waals surface area contributed by atoms with E-state index in [2.05, 4.69) is 18.2 Å². The van der Waals surface area contributed by atoms with Gasteiger partial charge in [0.1, 0.15) is 5.76 Å². The topological polar surface area (TPSA) is 62.5 Å². The highest BCUT2D eigenvalue weighted by Gasteiger charge is 2.13. The molecule has 0 amide bonds. The number of carbonyl (C=O) groups is 1. The number of hydrogen-bond acceptors (Lipinski definition) is 3. The van der Waals surface area contributed by atoms with Crippen molar-refractivity contribution < 1.29 is 14.3 Å². The zero-order valence-corrected chi connectivity index (χ0v) is 10.1. The summed E-state index contributed by atoms with van der Waals surface area (Å²) in [6.45, 7) is 4.38. The molecular formula is C13H17NO3. The zero-order valence-electron chi connectivity index (χ0n) is 10.1. The summed E-state index contributed by atoms with van der Waals surface area (Å²) in [4.78, 5) is 10.7. The van der Waals surface area contributed by atoms with E-state index in [0.29, 0.717) is 18.7 Å². The summed E-state index contributed by atoms with van der Waals surface area (Å²) in [6.07, 6.45) is 6.86. The Morgan fingerprint density at radius 2 is 2.41 bits per heavy atom. The molecule has 0 saturated carbocycles. The second-order valence-corrected chi connectivity index (χ2v) is 3.89. The number of furan rings is 1. The summed E-state index contributed by atoms with van der Waals surface area (Å²) >= 11 is 0. The van der Waals surface area contributed by atoms with Crippen LogP contribution in [0.25, 0.3) is 0 Å². The van der Waals surface area contributed by atoms with Crippen LogP contribution in [0.15, 0.2) is 10.5 Å². The molecule has 1 rings (SSSR count). The van der Waals surface area contributed by atoms with Crippen LogP contribution in [0.2, 0.25) is 0 Å². The van der Waals surface area contributed by atoms with Crippen LogP contribution in [0.4, 0.5) is 0 Å². The third-order valence-electron chi connectivity index (χ3n) is 2.67. The maximum Gasteiger partial charge on any atom is 0.371 e. The van der Waals surface area contributed by atoms with Gasteiger partial charge in [0.05, 0.1) is 0 Å². The Bertz CT molecular complexity index is 428. The second-order valence-electron chi connectivity index (χ2n) is 3.89.